The van der Waals surface area contributed by atoms with Gasteiger partial charge in [0.1, 0.15) is 10.7 Å². The number of aromatic nitrogens is 2. The van der Waals surface area contributed by atoms with E-state index in [0.717, 1.165) is 5.56 Å². The predicted molar refractivity (Wildman–Crippen MR) is 118 cm³/mol. The number of H-pyrrole nitrogens is 1. The van der Waals surface area contributed by atoms with E-state index in [4.69, 9.17) is 0 Å². The molecule has 0 saturated carbocycles. The van der Waals surface area contributed by atoms with Crippen molar-refractivity contribution in [1.29, 1.82) is 0 Å². The molecule has 0 atom stereocenters. The molecular formula is C21H25N3O2S2. The van der Waals surface area contributed by atoms with E-state index >= 15 is 0 Å². The molecule has 0 aliphatic carbocycles. The van der Waals surface area contributed by atoms with Crippen LogP contribution in [0.4, 0.5) is 0 Å². The lowest BCUT2D eigenvalue weighted by Gasteiger charge is -2.17. The molecule has 28 heavy (non-hydrogen) atoms. The highest BCUT2D eigenvalue weighted by molar-refractivity contribution is 7.98. The van der Waals surface area contributed by atoms with Crippen LogP contribution in [0.25, 0.3) is 10.2 Å². The molecule has 0 saturated heterocycles. The summed E-state index contributed by atoms with van der Waals surface area (Å²) in [6.07, 6.45) is 0. The summed E-state index contributed by atoms with van der Waals surface area (Å²) in [5.41, 5.74) is 2.96. The maximum atomic E-state index is 12.8. The van der Waals surface area contributed by atoms with Crippen LogP contribution in [-0.2, 0) is 5.75 Å². The first kappa shape index (κ1) is 20.6. The Kier molecular flexibility index (Phi) is 6.25. The molecule has 3 aromatic rings. The number of hydrogen-bond donors (Lipinski definition) is 1. The molecule has 1 amide bonds. The number of carbonyl (C=O) groups excluding carboxylic acids is 1. The molecule has 1 aromatic carbocycles. The summed E-state index contributed by atoms with van der Waals surface area (Å²) < 4.78 is 0. The van der Waals surface area contributed by atoms with Crippen LogP contribution in [0.3, 0.4) is 0 Å². The number of nitrogens with one attached hydrogen (secondary N) is 1. The van der Waals surface area contributed by atoms with Gasteiger partial charge in [-0.1, -0.05) is 17.7 Å². The van der Waals surface area contributed by atoms with E-state index < -0.39 is 0 Å². The molecule has 148 valence electrons. The monoisotopic (exact) mass is 415 g/mol. The molecule has 0 unspecified atom stereocenters. The average Bonchev–Trinajstić information content (AvgIpc) is 3.00. The Balaban J connectivity index is 1.93. The molecule has 0 radical (unpaired) electrons. The van der Waals surface area contributed by atoms with E-state index in [9.17, 15) is 9.59 Å². The summed E-state index contributed by atoms with van der Waals surface area (Å²) in [6, 6.07) is 6.34. The van der Waals surface area contributed by atoms with Gasteiger partial charge >= 0.3 is 0 Å². The van der Waals surface area contributed by atoms with Crippen molar-refractivity contribution < 1.29 is 4.79 Å². The highest BCUT2D eigenvalue weighted by Crippen LogP contribution is 2.30. The average molecular weight is 416 g/mol. The number of aromatic amines is 1. The molecule has 2 aromatic heterocycles. The maximum Gasteiger partial charge on any atom is 0.264 e. The number of aryl methyl sites for hydroxylation is 3. The normalized spacial score (nSPS) is 11.2. The molecule has 5 nitrogen and oxygen atoms in total. The third kappa shape index (κ3) is 4.00. The molecule has 2 heterocycles. The number of thioether (sulfide) groups is 1. The van der Waals surface area contributed by atoms with Crippen molar-refractivity contribution in [1.82, 2.24) is 14.9 Å². The Hall–Kier alpha value is -2.12. The van der Waals surface area contributed by atoms with Crippen LogP contribution in [0.1, 0.15) is 46.0 Å². The number of nitrogens with zero attached hydrogens (tertiary/aromatic N) is 2. The van der Waals surface area contributed by atoms with Gasteiger partial charge in [0.25, 0.3) is 11.5 Å². The molecule has 1 N–H and O–H groups in total. The van der Waals surface area contributed by atoms with Crippen molar-refractivity contribution >= 4 is 39.2 Å². The van der Waals surface area contributed by atoms with E-state index in [-0.39, 0.29) is 11.5 Å². The zero-order valence-electron chi connectivity index (χ0n) is 16.9. The molecule has 7 heteroatoms. The summed E-state index contributed by atoms with van der Waals surface area (Å²) in [5.74, 6) is 1.17. The van der Waals surface area contributed by atoms with Crippen LogP contribution in [0.15, 0.2) is 27.9 Å². The Morgan fingerprint density at radius 1 is 1.21 bits per heavy atom. The Morgan fingerprint density at radius 2 is 1.93 bits per heavy atom. The molecule has 0 fully saturated rings. The minimum atomic E-state index is -0.172. The number of amides is 1. The Labute approximate surface area is 173 Å². The second-order valence-corrected chi connectivity index (χ2v) is 8.80. The second kappa shape index (κ2) is 8.49. The third-order valence-electron chi connectivity index (χ3n) is 4.80. The second-order valence-electron chi connectivity index (χ2n) is 6.78. The van der Waals surface area contributed by atoms with Gasteiger partial charge in [-0.3, -0.25) is 9.59 Å². The molecule has 0 spiro atoms. The van der Waals surface area contributed by atoms with Crippen LogP contribution in [0.2, 0.25) is 0 Å². The number of carbonyl (C=O) groups is 1. The minimum Gasteiger partial charge on any atom is -0.338 e. The third-order valence-corrected chi connectivity index (χ3v) is 7.14. The zero-order chi connectivity index (χ0) is 20.4. The van der Waals surface area contributed by atoms with Gasteiger partial charge in [0, 0.05) is 18.0 Å². The van der Waals surface area contributed by atoms with Crippen LogP contribution in [0, 0.1) is 20.8 Å². The largest absolute Gasteiger partial charge is 0.338 e. The molecule has 0 aliphatic rings. The number of thiophene rings is 1. The van der Waals surface area contributed by atoms with Crippen LogP contribution in [-0.4, -0.2) is 33.9 Å². The fourth-order valence-corrected chi connectivity index (χ4v) is 5.29. The van der Waals surface area contributed by atoms with Gasteiger partial charge in [-0.25, -0.2) is 4.98 Å². The van der Waals surface area contributed by atoms with Gasteiger partial charge in [0.2, 0.25) is 0 Å². The summed E-state index contributed by atoms with van der Waals surface area (Å²) in [5, 5.41) is 0.529. The lowest BCUT2D eigenvalue weighted by molar-refractivity contribution is 0.0777. The van der Waals surface area contributed by atoms with E-state index in [1.165, 1.54) is 27.4 Å². The summed E-state index contributed by atoms with van der Waals surface area (Å²) in [4.78, 5) is 37.2. The van der Waals surface area contributed by atoms with E-state index in [2.05, 4.69) is 42.0 Å². The first-order valence-electron chi connectivity index (χ1n) is 9.37. The van der Waals surface area contributed by atoms with Crippen molar-refractivity contribution in [2.75, 3.05) is 13.1 Å². The van der Waals surface area contributed by atoms with Gasteiger partial charge in [-0.05, 0) is 51.8 Å². The number of benzene rings is 1. The highest BCUT2D eigenvalue weighted by Gasteiger charge is 2.22. The lowest BCUT2D eigenvalue weighted by atomic mass is 10.2. The smallest absolute Gasteiger partial charge is 0.264 e. The Morgan fingerprint density at radius 3 is 2.61 bits per heavy atom. The summed E-state index contributed by atoms with van der Waals surface area (Å²) in [6.45, 7) is 11.2. The van der Waals surface area contributed by atoms with Crippen molar-refractivity contribution in [3.63, 3.8) is 0 Å². The van der Waals surface area contributed by atoms with Crippen molar-refractivity contribution in [3.05, 3.63) is 55.9 Å². The molecule has 0 aliphatic heterocycles. The minimum absolute atomic E-state index is 0.0313. The molecule has 3 rings (SSSR count). The first-order chi connectivity index (χ1) is 13.3. The van der Waals surface area contributed by atoms with Gasteiger partial charge in [-0.2, -0.15) is 0 Å². The van der Waals surface area contributed by atoms with E-state index in [1.807, 2.05) is 20.8 Å². The summed E-state index contributed by atoms with van der Waals surface area (Å²) >= 11 is 2.97. The maximum absolute atomic E-state index is 12.8. The number of fused-ring (bicyclic) bond motifs is 1. The number of hydrogen-bond acceptors (Lipinski definition) is 5. The van der Waals surface area contributed by atoms with Crippen LogP contribution < -0.4 is 5.56 Å². The van der Waals surface area contributed by atoms with Crippen molar-refractivity contribution in [2.45, 2.75) is 45.3 Å². The topological polar surface area (TPSA) is 66.1 Å². The van der Waals surface area contributed by atoms with Gasteiger partial charge in [-0.15, -0.1) is 23.1 Å². The molecule has 0 bridgehead atoms. The van der Waals surface area contributed by atoms with Gasteiger partial charge in [0.15, 0.2) is 0 Å². The van der Waals surface area contributed by atoms with Crippen molar-refractivity contribution in [2.24, 2.45) is 0 Å². The lowest BCUT2D eigenvalue weighted by Crippen LogP contribution is -2.30. The number of rotatable bonds is 6. The fraction of sp³-hybridized carbons (Fsp3) is 0.381. The van der Waals surface area contributed by atoms with E-state index in [1.54, 1.807) is 16.7 Å². The quantitative estimate of drug-likeness (QED) is 0.594. The Bertz CT molecular complexity index is 1080. The SMILES string of the molecule is CCN(CC)C(=O)c1sc2nc(CSc3cc(C)ccc3C)[nH]c(=O)c2c1C. The standard InChI is InChI=1S/C21H25N3O2S2/c1-6-24(7-2)21(26)18-14(5)17-19(25)22-16(23-20(17)28-18)11-27-15-10-12(3)8-9-13(15)4/h8-10H,6-7,11H2,1-5H3,(H,22,23,25). The van der Waals surface area contributed by atoms with Gasteiger partial charge in [0.05, 0.1) is 16.0 Å². The fourth-order valence-electron chi connectivity index (χ4n) is 3.12. The van der Waals surface area contributed by atoms with Crippen LogP contribution in [0.5, 0.6) is 0 Å². The van der Waals surface area contributed by atoms with E-state index in [0.29, 0.717) is 39.8 Å². The summed E-state index contributed by atoms with van der Waals surface area (Å²) in [7, 11) is 0. The predicted octanol–water partition coefficient (Wildman–Crippen LogP) is 4.68. The first-order valence-corrected chi connectivity index (χ1v) is 11.2. The van der Waals surface area contributed by atoms with Crippen LogP contribution >= 0.6 is 23.1 Å². The molecular weight excluding hydrogens is 390 g/mol. The van der Waals surface area contributed by atoms with Gasteiger partial charge < -0.3 is 9.88 Å². The van der Waals surface area contributed by atoms with Crippen molar-refractivity contribution in [3.8, 4) is 0 Å². The zero-order valence-corrected chi connectivity index (χ0v) is 18.5. The highest BCUT2D eigenvalue weighted by atomic mass is 32.2.